The van der Waals surface area contributed by atoms with Gasteiger partial charge in [0.15, 0.2) is 5.78 Å². The number of benzene rings is 2. The molecule has 0 fully saturated rings. The van der Waals surface area contributed by atoms with Gasteiger partial charge in [0, 0.05) is 5.56 Å². The average Bonchev–Trinajstić information content (AvgIpc) is 2.38. The summed E-state index contributed by atoms with van der Waals surface area (Å²) in [5, 5.41) is 9.78. The third-order valence-electron chi connectivity index (χ3n) is 2.75. The molecular weight excluding hydrogens is 228 g/mol. The fourth-order valence-corrected chi connectivity index (χ4v) is 1.73. The summed E-state index contributed by atoms with van der Waals surface area (Å²) >= 11 is 0. The molecule has 3 heteroatoms. The summed E-state index contributed by atoms with van der Waals surface area (Å²) in [5.41, 5.74) is 1.75. The van der Waals surface area contributed by atoms with Gasteiger partial charge in [-0.3, -0.25) is 4.79 Å². The number of ether oxygens (including phenoxy) is 1. The van der Waals surface area contributed by atoms with Gasteiger partial charge in [-0.25, -0.2) is 0 Å². The highest BCUT2D eigenvalue weighted by Crippen LogP contribution is 2.22. The average molecular weight is 242 g/mol. The molecule has 2 aromatic carbocycles. The van der Waals surface area contributed by atoms with Crippen LogP contribution in [0, 0.1) is 6.92 Å². The van der Waals surface area contributed by atoms with Gasteiger partial charge in [0.25, 0.3) is 0 Å². The van der Waals surface area contributed by atoms with Crippen LogP contribution in [-0.4, -0.2) is 18.0 Å². The summed E-state index contributed by atoms with van der Waals surface area (Å²) in [4.78, 5) is 12.2. The fraction of sp³-hybridized carbons (Fsp3) is 0.133. The first-order valence-corrected chi connectivity index (χ1v) is 5.60. The highest BCUT2D eigenvalue weighted by atomic mass is 16.5. The van der Waals surface area contributed by atoms with Gasteiger partial charge in [0.1, 0.15) is 11.5 Å². The number of carbonyl (C=O) groups excluding carboxylic acids is 1. The molecule has 18 heavy (non-hydrogen) atoms. The zero-order valence-electron chi connectivity index (χ0n) is 10.3. The number of carbonyl (C=O) groups is 1. The SMILES string of the molecule is COc1ccc(C(=O)c2ccc(C)cc2O)cc1. The van der Waals surface area contributed by atoms with Crippen LogP contribution in [0.5, 0.6) is 11.5 Å². The molecule has 0 heterocycles. The highest BCUT2D eigenvalue weighted by molar-refractivity contribution is 6.10. The Morgan fingerprint density at radius 2 is 1.78 bits per heavy atom. The molecule has 0 aliphatic heterocycles. The predicted molar refractivity (Wildman–Crippen MR) is 69.3 cm³/mol. The van der Waals surface area contributed by atoms with Crippen LogP contribution in [0.25, 0.3) is 0 Å². The van der Waals surface area contributed by atoms with Crippen LogP contribution in [0.15, 0.2) is 42.5 Å². The smallest absolute Gasteiger partial charge is 0.196 e. The van der Waals surface area contributed by atoms with Crippen molar-refractivity contribution >= 4 is 5.78 Å². The Morgan fingerprint density at radius 1 is 1.11 bits per heavy atom. The maximum atomic E-state index is 12.2. The van der Waals surface area contributed by atoms with E-state index in [1.165, 1.54) is 0 Å². The van der Waals surface area contributed by atoms with Crippen molar-refractivity contribution in [1.29, 1.82) is 0 Å². The second kappa shape index (κ2) is 4.92. The summed E-state index contributed by atoms with van der Waals surface area (Å²) in [6.45, 7) is 1.86. The first-order valence-electron chi connectivity index (χ1n) is 5.60. The minimum absolute atomic E-state index is 0.0100. The Hall–Kier alpha value is -2.29. The van der Waals surface area contributed by atoms with Crippen LogP contribution < -0.4 is 4.74 Å². The lowest BCUT2D eigenvalue weighted by atomic mass is 10.0. The molecule has 3 nitrogen and oxygen atoms in total. The maximum absolute atomic E-state index is 12.2. The van der Waals surface area contributed by atoms with Crippen molar-refractivity contribution in [2.24, 2.45) is 0 Å². The predicted octanol–water partition coefficient (Wildman–Crippen LogP) is 2.94. The Morgan fingerprint density at radius 3 is 2.33 bits per heavy atom. The van der Waals surface area contributed by atoms with Gasteiger partial charge in [0.2, 0.25) is 0 Å². The molecule has 0 saturated carbocycles. The van der Waals surface area contributed by atoms with E-state index in [9.17, 15) is 9.90 Å². The highest BCUT2D eigenvalue weighted by Gasteiger charge is 2.13. The molecule has 0 radical (unpaired) electrons. The Kier molecular flexibility index (Phi) is 3.33. The van der Waals surface area contributed by atoms with E-state index in [0.717, 1.165) is 5.56 Å². The minimum Gasteiger partial charge on any atom is -0.507 e. The number of ketones is 1. The number of methoxy groups -OCH3 is 1. The van der Waals surface area contributed by atoms with Crippen LogP contribution in [-0.2, 0) is 0 Å². The second-order valence-corrected chi connectivity index (χ2v) is 4.08. The third kappa shape index (κ3) is 2.35. The zero-order chi connectivity index (χ0) is 13.1. The van der Waals surface area contributed by atoms with Gasteiger partial charge in [-0.15, -0.1) is 0 Å². The molecule has 0 unspecified atom stereocenters. The van der Waals surface area contributed by atoms with Crippen LogP contribution in [0.3, 0.4) is 0 Å². The first kappa shape index (κ1) is 12.2. The van der Waals surface area contributed by atoms with Crippen molar-refractivity contribution in [2.75, 3.05) is 7.11 Å². The van der Waals surface area contributed by atoms with Gasteiger partial charge in [-0.05, 0) is 48.9 Å². The summed E-state index contributed by atoms with van der Waals surface area (Å²) in [5.74, 6) is 0.505. The van der Waals surface area contributed by atoms with E-state index in [0.29, 0.717) is 16.9 Å². The Bertz CT molecular complexity index is 571. The number of rotatable bonds is 3. The van der Waals surface area contributed by atoms with Crippen molar-refractivity contribution < 1.29 is 14.6 Å². The molecule has 0 aliphatic carbocycles. The van der Waals surface area contributed by atoms with E-state index in [4.69, 9.17) is 4.74 Å². The van der Waals surface area contributed by atoms with Crippen LogP contribution in [0.1, 0.15) is 21.5 Å². The molecule has 0 amide bonds. The number of phenols is 1. The van der Waals surface area contributed by atoms with E-state index in [2.05, 4.69) is 0 Å². The number of hydrogen-bond acceptors (Lipinski definition) is 3. The molecule has 0 aromatic heterocycles. The molecule has 1 N–H and O–H groups in total. The van der Waals surface area contributed by atoms with E-state index < -0.39 is 0 Å². The van der Waals surface area contributed by atoms with Crippen LogP contribution in [0.4, 0.5) is 0 Å². The standard InChI is InChI=1S/C15H14O3/c1-10-3-8-13(14(16)9-10)15(17)11-4-6-12(18-2)7-5-11/h3-9,16H,1-2H3. The summed E-state index contributed by atoms with van der Waals surface area (Å²) in [7, 11) is 1.57. The van der Waals surface area contributed by atoms with Gasteiger partial charge in [0.05, 0.1) is 12.7 Å². The minimum atomic E-state index is -0.199. The van der Waals surface area contributed by atoms with Crippen LogP contribution in [0.2, 0.25) is 0 Å². The molecule has 2 rings (SSSR count). The van der Waals surface area contributed by atoms with E-state index in [1.54, 1.807) is 49.6 Å². The molecule has 0 saturated heterocycles. The summed E-state index contributed by atoms with van der Waals surface area (Å²) in [6, 6.07) is 11.8. The van der Waals surface area contributed by atoms with Crippen molar-refractivity contribution in [2.45, 2.75) is 6.92 Å². The van der Waals surface area contributed by atoms with E-state index in [-0.39, 0.29) is 11.5 Å². The van der Waals surface area contributed by atoms with E-state index in [1.807, 2.05) is 6.92 Å². The monoisotopic (exact) mass is 242 g/mol. The molecule has 92 valence electrons. The van der Waals surface area contributed by atoms with Gasteiger partial charge >= 0.3 is 0 Å². The summed E-state index contributed by atoms with van der Waals surface area (Å²) < 4.78 is 5.03. The van der Waals surface area contributed by atoms with Crippen molar-refractivity contribution in [3.05, 3.63) is 59.2 Å². The summed E-state index contributed by atoms with van der Waals surface area (Å²) in [6.07, 6.45) is 0. The third-order valence-corrected chi connectivity index (χ3v) is 2.75. The van der Waals surface area contributed by atoms with Gasteiger partial charge in [-0.1, -0.05) is 6.07 Å². The lowest BCUT2D eigenvalue weighted by Gasteiger charge is -2.06. The molecule has 2 aromatic rings. The van der Waals surface area contributed by atoms with Crippen molar-refractivity contribution in [3.8, 4) is 11.5 Å². The molecule has 0 spiro atoms. The lowest BCUT2D eigenvalue weighted by Crippen LogP contribution is -2.01. The maximum Gasteiger partial charge on any atom is 0.196 e. The van der Waals surface area contributed by atoms with Crippen molar-refractivity contribution in [1.82, 2.24) is 0 Å². The van der Waals surface area contributed by atoms with E-state index >= 15 is 0 Å². The Balaban J connectivity index is 2.35. The number of aromatic hydroxyl groups is 1. The zero-order valence-corrected chi connectivity index (χ0v) is 10.3. The number of hydrogen-bond donors (Lipinski definition) is 1. The topological polar surface area (TPSA) is 46.5 Å². The second-order valence-electron chi connectivity index (χ2n) is 4.08. The van der Waals surface area contributed by atoms with Crippen LogP contribution >= 0.6 is 0 Å². The molecule has 0 aliphatic rings. The molecule has 0 bridgehead atoms. The van der Waals surface area contributed by atoms with Crippen molar-refractivity contribution in [3.63, 3.8) is 0 Å². The number of phenolic OH excluding ortho intramolecular Hbond substituents is 1. The largest absolute Gasteiger partial charge is 0.507 e. The normalized spacial score (nSPS) is 10.1. The van der Waals surface area contributed by atoms with Gasteiger partial charge < -0.3 is 9.84 Å². The van der Waals surface area contributed by atoms with Gasteiger partial charge in [-0.2, -0.15) is 0 Å². The first-order chi connectivity index (χ1) is 8.61. The molecule has 0 atom stereocenters. The molecular formula is C15H14O3. The fourth-order valence-electron chi connectivity index (χ4n) is 1.73. The quantitative estimate of drug-likeness (QED) is 0.842. The number of aryl methyl sites for hydroxylation is 1. The Labute approximate surface area is 106 Å². The lowest BCUT2D eigenvalue weighted by molar-refractivity contribution is 0.103.